The molecule has 16 nitrogen and oxygen atoms in total. The van der Waals surface area contributed by atoms with E-state index in [9.17, 15) is 36.0 Å². The van der Waals surface area contributed by atoms with Crippen LogP contribution in [0, 0.1) is 13.8 Å². The van der Waals surface area contributed by atoms with Gasteiger partial charge in [-0.3, -0.25) is 38.1 Å². The third-order valence-corrected chi connectivity index (χ3v) is 12.4. The quantitative estimate of drug-likeness (QED) is 0.0549. The Kier molecular flexibility index (Phi) is 15.5. The minimum Gasteiger partial charge on any atom is -0.497 e. The second-order valence-corrected chi connectivity index (χ2v) is 18.1. The van der Waals surface area contributed by atoms with Crippen molar-refractivity contribution in [1.29, 1.82) is 0 Å². The van der Waals surface area contributed by atoms with Crippen LogP contribution in [0.3, 0.4) is 0 Å². The monoisotopic (exact) mass is 936 g/mol. The van der Waals surface area contributed by atoms with Crippen molar-refractivity contribution in [3.05, 3.63) is 166 Å². The Morgan fingerprint density at radius 2 is 0.803 bits per heavy atom. The first-order chi connectivity index (χ1) is 31.4. The van der Waals surface area contributed by atoms with Gasteiger partial charge in [0.15, 0.2) is 0 Å². The number of methoxy groups -OCH3 is 2. The number of imide groups is 2. The summed E-state index contributed by atoms with van der Waals surface area (Å²) < 4.78 is 69.6. The lowest BCUT2D eigenvalue weighted by Crippen LogP contribution is -2.46. The lowest BCUT2D eigenvalue weighted by atomic mass is 9.86. The van der Waals surface area contributed by atoms with Crippen molar-refractivity contribution in [2.75, 3.05) is 40.4 Å². The van der Waals surface area contributed by atoms with Crippen molar-refractivity contribution in [2.24, 2.45) is 0 Å². The molecule has 2 aliphatic rings. The second-order valence-electron chi connectivity index (χ2n) is 15.2. The summed E-state index contributed by atoms with van der Waals surface area (Å²) in [6.07, 6.45) is 0. The van der Waals surface area contributed by atoms with E-state index in [1.54, 1.807) is 62.8 Å². The fourth-order valence-corrected chi connectivity index (χ4v) is 8.17. The molecule has 0 radical (unpaired) electrons. The van der Waals surface area contributed by atoms with Crippen LogP contribution in [0.15, 0.2) is 131 Å². The highest BCUT2D eigenvalue weighted by Crippen LogP contribution is 2.37. The molecule has 6 aromatic carbocycles. The van der Waals surface area contributed by atoms with E-state index in [0.29, 0.717) is 59.2 Å². The maximum atomic E-state index is 13.5. The van der Waals surface area contributed by atoms with Gasteiger partial charge < -0.3 is 20.1 Å². The molecule has 0 unspecified atom stereocenters. The number of amides is 4. The highest BCUT2D eigenvalue weighted by molar-refractivity contribution is 7.86. The molecule has 0 aromatic heterocycles. The van der Waals surface area contributed by atoms with Crippen molar-refractivity contribution < 1.29 is 54.6 Å². The molecule has 0 spiro atoms. The van der Waals surface area contributed by atoms with E-state index in [-0.39, 0.29) is 22.9 Å². The molecule has 344 valence electrons. The number of carbonyl (C=O) groups is 4. The molecule has 2 aliphatic heterocycles. The van der Waals surface area contributed by atoms with Gasteiger partial charge in [0.25, 0.3) is 43.9 Å². The van der Waals surface area contributed by atoms with E-state index in [4.69, 9.17) is 18.6 Å². The van der Waals surface area contributed by atoms with E-state index >= 15 is 0 Å². The number of hydrogen-bond acceptors (Lipinski definition) is 12. The molecule has 0 atom stereocenters. The summed E-state index contributed by atoms with van der Waals surface area (Å²) in [5.41, 5.74) is 5.17. The number of carbonyl (C=O) groups excluding carboxylic acids is 4. The van der Waals surface area contributed by atoms with Gasteiger partial charge in [0, 0.05) is 72.3 Å². The summed E-state index contributed by atoms with van der Waals surface area (Å²) in [6, 6.07) is 33.6. The zero-order chi connectivity index (χ0) is 47.8. The number of aryl methyl sites for hydroxylation is 2. The summed E-state index contributed by atoms with van der Waals surface area (Å²) in [5, 5.41) is 7.28. The van der Waals surface area contributed by atoms with Gasteiger partial charge in [0.2, 0.25) is 0 Å². The van der Waals surface area contributed by atoms with E-state index < -0.39 is 43.9 Å². The Hall–Kier alpha value is -6.80. The minimum absolute atomic E-state index is 0.0666. The third kappa shape index (κ3) is 11.5. The average Bonchev–Trinajstić information content (AvgIpc) is 3.29. The van der Waals surface area contributed by atoms with Crippen LogP contribution in [0.2, 0.25) is 0 Å². The van der Waals surface area contributed by atoms with Crippen LogP contribution in [0.1, 0.15) is 63.7 Å². The van der Waals surface area contributed by atoms with Crippen molar-refractivity contribution in [3.8, 4) is 11.5 Å². The molecule has 0 aliphatic carbocycles. The predicted octanol–water partition coefficient (Wildman–Crippen LogP) is 6.11. The van der Waals surface area contributed by atoms with Crippen molar-refractivity contribution in [3.63, 3.8) is 0 Å². The normalized spacial score (nSPS) is 13.2. The highest BCUT2D eigenvalue weighted by atomic mass is 32.2. The maximum absolute atomic E-state index is 13.5. The van der Waals surface area contributed by atoms with Crippen LogP contribution < -0.4 is 20.1 Å². The summed E-state index contributed by atoms with van der Waals surface area (Å²) in [7, 11) is -4.82. The van der Waals surface area contributed by atoms with Crippen LogP contribution in [-0.4, -0.2) is 99.8 Å². The van der Waals surface area contributed by atoms with E-state index in [1.807, 2.05) is 62.4 Å². The summed E-state index contributed by atoms with van der Waals surface area (Å²) in [5.74, 6) is -0.277. The molecule has 0 bridgehead atoms. The van der Waals surface area contributed by atoms with Crippen LogP contribution >= 0.6 is 0 Å². The van der Waals surface area contributed by atoms with Gasteiger partial charge in [0.1, 0.15) is 11.5 Å². The van der Waals surface area contributed by atoms with Gasteiger partial charge in [-0.25, -0.2) is 0 Å². The molecule has 0 fully saturated rings. The van der Waals surface area contributed by atoms with Gasteiger partial charge >= 0.3 is 0 Å². The molecular weight excluding hydrogens is 889 g/mol. The van der Waals surface area contributed by atoms with Crippen molar-refractivity contribution in [1.82, 2.24) is 20.4 Å². The minimum atomic E-state index is -4.02. The Balaban J connectivity index is 0.000000266. The zero-order valence-corrected chi connectivity index (χ0v) is 38.1. The van der Waals surface area contributed by atoms with Gasteiger partial charge in [0.05, 0.1) is 24.0 Å². The fraction of sp³-hybridized carbons (Fsp3) is 0.208. The molecule has 6 aromatic rings. The Morgan fingerprint density at radius 3 is 1.09 bits per heavy atom. The van der Waals surface area contributed by atoms with Crippen LogP contribution in [0.4, 0.5) is 0 Å². The molecule has 4 N–H and O–H groups in total. The smallest absolute Gasteiger partial charge is 0.294 e. The Labute approximate surface area is 382 Å². The summed E-state index contributed by atoms with van der Waals surface area (Å²) in [6.45, 7) is 5.89. The van der Waals surface area contributed by atoms with Crippen LogP contribution in [0.25, 0.3) is 10.8 Å². The van der Waals surface area contributed by atoms with E-state index in [2.05, 4.69) is 10.6 Å². The highest BCUT2D eigenvalue weighted by Gasteiger charge is 2.39. The van der Waals surface area contributed by atoms with E-state index in [1.165, 1.54) is 34.1 Å². The zero-order valence-electron chi connectivity index (χ0n) is 36.5. The predicted molar refractivity (Wildman–Crippen MR) is 246 cm³/mol. The standard InChI is InChI=1S/C34H32N4O6.2C7H8O3S/c1-43-23-7-3-5-21(17-23)19-35-13-15-37-31(39)25-9-11-27-30-28(12-10-26(29(25)30)32(37)40)34(42)38(33(27)41)16-14-36-20-22-6-4-8-24(18-22)44-2;2*1-6-2-4-7(5-3-6)11(8,9)10/h3-12,17-18,35-36H,13-16,19-20H2,1-2H3;2*2-5H,1H3,(H,8,9,10). The van der Waals surface area contributed by atoms with Crippen LogP contribution in [0.5, 0.6) is 11.5 Å². The number of hydrogen-bond donors (Lipinski definition) is 4. The summed E-state index contributed by atoms with van der Waals surface area (Å²) in [4.78, 5) is 56.3. The number of rotatable bonds is 14. The van der Waals surface area contributed by atoms with E-state index in [0.717, 1.165) is 33.8 Å². The number of nitrogens with zero attached hydrogens (tertiary/aromatic N) is 2. The lowest BCUT2D eigenvalue weighted by Gasteiger charge is -2.32. The molecule has 2 heterocycles. The van der Waals surface area contributed by atoms with Crippen molar-refractivity contribution >= 4 is 54.6 Å². The van der Waals surface area contributed by atoms with Gasteiger partial charge in [-0.1, -0.05) is 59.7 Å². The van der Waals surface area contributed by atoms with Crippen molar-refractivity contribution in [2.45, 2.75) is 36.7 Å². The number of ether oxygens (including phenoxy) is 2. The fourth-order valence-electron chi connectivity index (χ4n) is 7.21. The third-order valence-electron chi connectivity index (χ3n) is 10.7. The number of benzene rings is 6. The molecule has 0 saturated carbocycles. The first-order valence-corrected chi connectivity index (χ1v) is 23.4. The van der Waals surface area contributed by atoms with Gasteiger partial charge in [-0.15, -0.1) is 0 Å². The van der Waals surface area contributed by atoms with Gasteiger partial charge in [-0.05, 0) is 97.8 Å². The first-order valence-electron chi connectivity index (χ1n) is 20.5. The summed E-state index contributed by atoms with van der Waals surface area (Å²) >= 11 is 0. The SMILES string of the molecule is COc1cccc(CNCCN2C(=O)c3ccc4c5c(ccc(c35)C2=O)C(=O)N(CCNCc2cccc(OC)c2)C4=O)c1.Cc1ccc(S(=O)(=O)O)cc1.Cc1ccc(S(=O)(=O)O)cc1. The first kappa shape index (κ1) is 48.7. The largest absolute Gasteiger partial charge is 0.497 e. The van der Waals surface area contributed by atoms with Crippen LogP contribution in [-0.2, 0) is 33.3 Å². The molecule has 0 saturated heterocycles. The lowest BCUT2D eigenvalue weighted by molar-refractivity contribution is 0.0590. The molecular formula is C48H48N4O12S2. The maximum Gasteiger partial charge on any atom is 0.294 e. The van der Waals surface area contributed by atoms with Gasteiger partial charge in [-0.2, -0.15) is 16.8 Å². The second kappa shape index (κ2) is 21.0. The molecule has 66 heavy (non-hydrogen) atoms. The molecule has 8 rings (SSSR count). The Morgan fingerprint density at radius 1 is 0.485 bits per heavy atom. The molecule has 18 heteroatoms. The average molecular weight is 937 g/mol. The topological polar surface area (TPSA) is 226 Å². The Bertz CT molecular complexity index is 2740. The molecule has 4 amide bonds. The number of nitrogens with one attached hydrogen (secondary N) is 2.